The Morgan fingerprint density at radius 3 is 2.85 bits per heavy atom. The molecule has 0 unspecified atom stereocenters. The Morgan fingerprint density at radius 1 is 1.45 bits per heavy atom. The quantitative estimate of drug-likeness (QED) is 0.857. The maximum atomic E-state index is 10.7. The van der Waals surface area contributed by atoms with E-state index in [0.29, 0.717) is 11.1 Å². The minimum atomic E-state index is -0.835. The highest BCUT2D eigenvalue weighted by Crippen LogP contribution is 2.24. The number of nitrogens with zero attached hydrogens (tertiary/aromatic N) is 2. The maximum Gasteiger partial charge on any atom is 0.313 e. The highest BCUT2D eigenvalue weighted by atomic mass is 32.2. The van der Waals surface area contributed by atoms with Crippen LogP contribution in [-0.2, 0) is 4.79 Å². The van der Waals surface area contributed by atoms with Crippen LogP contribution < -0.4 is 0 Å². The molecule has 4 nitrogen and oxygen atoms in total. The van der Waals surface area contributed by atoms with Gasteiger partial charge in [0, 0.05) is 11.9 Å². The Kier molecular flexibility index (Phi) is 4.49. The number of thioether (sulfide) groups is 1. The van der Waals surface area contributed by atoms with Gasteiger partial charge in [0.25, 0.3) is 0 Å². The number of carboxylic acids is 1. The zero-order valence-electron chi connectivity index (χ0n) is 11.8. The van der Waals surface area contributed by atoms with E-state index in [1.165, 1.54) is 17.3 Å². The van der Waals surface area contributed by atoms with Crippen molar-refractivity contribution in [1.82, 2.24) is 9.55 Å². The monoisotopic (exact) mass is 290 g/mol. The summed E-state index contributed by atoms with van der Waals surface area (Å²) in [5.74, 6) is -0.367. The predicted octanol–water partition coefficient (Wildman–Crippen LogP) is 3.48. The average Bonchev–Trinajstić information content (AvgIpc) is 2.77. The highest BCUT2D eigenvalue weighted by molar-refractivity contribution is 7.99. The molecule has 0 aliphatic carbocycles. The number of rotatable bonds is 5. The van der Waals surface area contributed by atoms with Crippen LogP contribution in [0, 0.1) is 6.92 Å². The molecule has 106 valence electrons. The van der Waals surface area contributed by atoms with Crippen molar-refractivity contribution in [2.45, 2.75) is 31.8 Å². The second-order valence-corrected chi connectivity index (χ2v) is 5.91. The standard InChI is InChI=1S/C15H18N2O2S/c1-10(2)12-5-4-6-13(7-12)17-8-11(3)16-15(17)20-9-14(18)19/h4-8,10H,9H2,1-3H3,(H,18,19). The van der Waals surface area contributed by atoms with Crippen LogP contribution >= 0.6 is 11.8 Å². The molecule has 1 N–H and O–H groups in total. The molecule has 2 rings (SSSR count). The van der Waals surface area contributed by atoms with Crippen molar-refractivity contribution in [2.24, 2.45) is 0 Å². The molecule has 5 heteroatoms. The van der Waals surface area contributed by atoms with E-state index in [0.717, 1.165) is 11.4 Å². The Morgan fingerprint density at radius 2 is 2.20 bits per heavy atom. The molecule has 1 aromatic carbocycles. The van der Waals surface area contributed by atoms with Gasteiger partial charge in [-0.2, -0.15) is 0 Å². The normalized spacial score (nSPS) is 11.0. The van der Waals surface area contributed by atoms with Gasteiger partial charge in [0.2, 0.25) is 0 Å². The van der Waals surface area contributed by atoms with E-state index < -0.39 is 5.97 Å². The van der Waals surface area contributed by atoms with Crippen LogP contribution in [-0.4, -0.2) is 26.4 Å². The SMILES string of the molecule is Cc1cn(-c2cccc(C(C)C)c2)c(SCC(=O)O)n1. The summed E-state index contributed by atoms with van der Waals surface area (Å²) in [7, 11) is 0. The van der Waals surface area contributed by atoms with Gasteiger partial charge in [-0.05, 0) is 30.5 Å². The lowest BCUT2D eigenvalue weighted by molar-refractivity contribution is -0.133. The minimum Gasteiger partial charge on any atom is -0.481 e. The number of aromatic nitrogens is 2. The van der Waals surface area contributed by atoms with Gasteiger partial charge in [-0.15, -0.1) is 0 Å². The molecule has 0 fully saturated rings. The third-order valence-corrected chi connectivity index (χ3v) is 3.87. The molecule has 0 amide bonds. The smallest absolute Gasteiger partial charge is 0.313 e. The number of benzene rings is 1. The highest BCUT2D eigenvalue weighted by Gasteiger charge is 2.11. The van der Waals surface area contributed by atoms with Crippen LogP contribution in [0.3, 0.4) is 0 Å². The zero-order valence-corrected chi connectivity index (χ0v) is 12.6. The van der Waals surface area contributed by atoms with Gasteiger partial charge in [0.15, 0.2) is 5.16 Å². The lowest BCUT2D eigenvalue weighted by Crippen LogP contribution is -2.01. The van der Waals surface area contributed by atoms with Crippen LogP contribution in [0.15, 0.2) is 35.6 Å². The summed E-state index contributed by atoms with van der Waals surface area (Å²) in [6.07, 6.45) is 1.93. The van der Waals surface area contributed by atoms with Gasteiger partial charge in [-0.25, -0.2) is 4.98 Å². The van der Waals surface area contributed by atoms with E-state index in [9.17, 15) is 4.79 Å². The van der Waals surface area contributed by atoms with Gasteiger partial charge >= 0.3 is 5.97 Å². The molecule has 0 spiro atoms. The van der Waals surface area contributed by atoms with Crippen LogP contribution in [0.4, 0.5) is 0 Å². The topological polar surface area (TPSA) is 55.1 Å². The Labute approximate surface area is 122 Å². The Balaban J connectivity index is 2.36. The minimum absolute atomic E-state index is 0.0142. The number of carbonyl (C=O) groups is 1. The van der Waals surface area contributed by atoms with Crippen molar-refractivity contribution >= 4 is 17.7 Å². The van der Waals surface area contributed by atoms with Gasteiger partial charge in [0.1, 0.15) is 0 Å². The third-order valence-electron chi connectivity index (χ3n) is 2.93. The van der Waals surface area contributed by atoms with E-state index >= 15 is 0 Å². The van der Waals surface area contributed by atoms with Gasteiger partial charge in [0.05, 0.1) is 11.4 Å². The largest absolute Gasteiger partial charge is 0.481 e. The van der Waals surface area contributed by atoms with E-state index in [4.69, 9.17) is 5.11 Å². The Hall–Kier alpha value is -1.75. The summed E-state index contributed by atoms with van der Waals surface area (Å²) >= 11 is 1.24. The number of carboxylic acid groups (broad SMARTS) is 1. The van der Waals surface area contributed by atoms with Gasteiger partial charge < -0.3 is 5.11 Å². The first kappa shape index (κ1) is 14.7. The molecule has 20 heavy (non-hydrogen) atoms. The van der Waals surface area contributed by atoms with Crippen molar-refractivity contribution in [2.75, 3.05) is 5.75 Å². The number of hydrogen-bond acceptors (Lipinski definition) is 3. The first-order valence-electron chi connectivity index (χ1n) is 6.48. The first-order chi connectivity index (χ1) is 9.47. The number of imidazole rings is 1. The van der Waals surface area contributed by atoms with Crippen molar-refractivity contribution in [3.05, 3.63) is 41.7 Å². The maximum absolute atomic E-state index is 10.7. The van der Waals surface area contributed by atoms with Crippen LogP contribution in [0.25, 0.3) is 5.69 Å². The van der Waals surface area contributed by atoms with Gasteiger partial charge in [-0.1, -0.05) is 37.7 Å². The molecule has 1 heterocycles. The van der Waals surface area contributed by atoms with Crippen molar-refractivity contribution in [3.63, 3.8) is 0 Å². The molecular formula is C15H18N2O2S. The lowest BCUT2D eigenvalue weighted by Gasteiger charge is -2.10. The molecule has 0 aliphatic heterocycles. The van der Waals surface area contributed by atoms with Crippen molar-refractivity contribution < 1.29 is 9.90 Å². The summed E-state index contributed by atoms with van der Waals surface area (Å²) in [5.41, 5.74) is 3.15. The molecule has 1 aromatic heterocycles. The zero-order chi connectivity index (χ0) is 14.7. The summed E-state index contributed by atoms with van der Waals surface area (Å²) in [6.45, 7) is 6.21. The molecule has 0 radical (unpaired) electrons. The fourth-order valence-corrected chi connectivity index (χ4v) is 2.68. The van der Waals surface area contributed by atoms with Crippen LogP contribution in [0.5, 0.6) is 0 Å². The second-order valence-electron chi connectivity index (χ2n) is 4.97. The van der Waals surface area contributed by atoms with Crippen LogP contribution in [0.1, 0.15) is 31.0 Å². The number of hydrogen-bond donors (Lipinski definition) is 1. The predicted molar refractivity (Wildman–Crippen MR) is 80.7 cm³/mol. The molecule has 2 aromatic rings. The summed E-state index contributed by atoms with van der Waals surface area (Å²) in [4.78, 5) is 15.1. The third kappa shape index (κ3) is 3.42. The number of aliphatic carboxylic acids is 1. The molecule has 0 aliphatic rings. The summed E-state index contributed by atoms with van der Waals surface area (Å²) < 4.78 is 1.95. The van der Waals surface area contributed by atoms with Crippen molar-refractivity contribution in [1.29, 1.82) is 0 Å². The lowest BCUT2D eigenvalue weighted by atomic mass is 10.0. The molecular weight excluding hydrogens is 272 g/mol. The fourth-order valence-electron chi connectivity index (χ4n) is 1.92. The first-order valence-corrected chi connectivity index (χ1v) is 7.47. The van der Waals surface area contributed by atoms with E-state index in [1.807, 2.05) is 29.8 Å². The van der Waals surface area contributed by atoms with Crippen molar-refractivity contribution in [3.8, 4) is 5.69 Å². The fraction of sp³-hybridized carbons (Fsp3) is 0.333. The van der Waals surface area contributed by atoms with E-state index in [2.05, 4.69) is 31.0 Å². The molecule has 0 saturated heterocycles. The summed E-state index contributed by atoms with van der Waals surface area (Å²) in [6, 6.07) is 8.25. The van der Waals surface area contributed by atoms with Crippen LogP contribution in [0.2, 0.25) is 0 Å². The summed E-state index contributed by atoms with van der Waals surface area (Å²) in [5, 5.41) is 9.52. The Bertz CT molecular complexity index is 620. The molecule has 0 bridgehead atoms. The average molecular weight is 290 g/mol. The molecule has 0 saturated carbocycles. The van der Waals surface area contributed by atoms with Gasteiger partial charge in [-0.3, -0.25) is 9.36 Å². The molecule has 0 atom stereocenters. The van der Waals surface area contributed by atoms with E-state index in [-0.39, 0.29) is 5.75 Å². The number of aryl methyl sites for hydroxylation is 1. The van der Waals surface area contributed by atoms with E-state index in [1.54, 1.807) is 0 Å². The second kappa shape index (κ2) is 6.13.